The number of hydrogen-bond acceptors (Lipinski definition) is 6. The van der Waals surface area contributed by atoms with Crippen molar-refractivity contribution >= 4 is 16.3 Å². The van der Waals surface area contributed by atoms with Crippen molar-refractivity contribution in [2.45, 2.75) is 39.9 Å². The van der Waals surface area contributed by atoms with Crippen LogP contribution in [0.3, 0.4) is 0 Å². The maximum Gasteiger partial charge on any atom is 0.234 e. The summed E-state index contributed by atoms with van der Waals surface area (Å²) in [6.07, 6.45) is 0. The van der Waals surface area contributed by atoms with E-state index in [1.54, 1.807) is 11.6 Å². The summed E-state index contributed by atoms with van der Waals surface area (Å²) in [7, 11) is 1.63. The molecule has 0 unspecified atom stereocenters. The Kier molecular flexibility index (Phi) is 4.58. The molecular weight excluding hydrogens is 312 g/mol. The second-order valence-electron chi connectivity index (χ2n) is 5.72. The van der Waals surface area contributed by atoms with E-state index in [2.05, 4.69) is 54.3 Å². The molecule has 2 aromatic heterocycles. The molecule has 0 aliphatic carbocycles. The van der Waals surface area contributed by atoms with Gasteiger partial charge in [0.1, 0.15) is 19.0 Å². The lowest BCUT2D eigenvalue weighted by atomic mass is 10.0. The lowest BCUT2D eigenvalue weighted by Crippen LogP contribution is -2.02. The number of hydrogen-bond donors (Lipinski definition) is 0. The van der Waals surface area contributed by atoms with E-state index in [9.17, 15) is 0 Å². The number of aromatic nitrogens is 4. The summed E-state index contributed by atoms with van der Waals surface area (Å²) in [6.45, 7) is 7.21. The molecule has 122 valence electrons. The van der Waals surface area contributed by atoms with Crippen molar-refractivity contribution in [1.82, 2.24) is 19.8 Å². The zero-order valence-corrected chi connectivity index (χ0v) is 14.6. The lowest BCUT2D eigenvalue weighted by molar-refractivity contribution is 0.176. The SMILES string of the molecule is COCc1nnc2sc(COc3cc(C)ccc3C(C)C)nn12. The van der Waals surface area contributed by atoms with Gasteiger partial charge in [0.25, 0.3) is 0 Å². The van der Waals surface area contributed by atoms with Crippen LogP contribution >= 0.6 is 11.3 Å². The van der Waals surface area contributed by atoms with E-state index in [0.29, 0.717) is 25.0 Å². The average molecular weight is 332 g/mol. The van der Waals surface area contributed by atoms with Crippen LogP contribution in [-0.2, 0) is 18.0 Å². The number of rotatable bonds is 6. The minimum absolute atomic E-state index is 0.389. The fourth-order valence-electron chi connectivity index (χ4n) is 2.36. The molecule has 0 fully saturated rings. The topological polar surface area (TPSA) is 61.5 Å². The van der Waals surface area contributed by atoms with E-state index in [-0.39, 0.29) is 0 Å². The third kappa shape index (κ3) is 3.35. The van der Waals surface area contributed by atoms with Crippen LogP contribution in [0.4, 0.5) is 0 Å². The van der Waals surface area contributed by atoms with Gasteiger partial charge in [-0.25, -0.2) is 0 Å². The number of benzene rings is 1. The van der Waals surface area contributed by atoms with Gasteiger partial charge in [0.05, 0.1) is 0 Å². The predicted molar refractivity (Wildman–Crippen MR) is 89.0 cm³/mol. The van der Waals surface area contributed by atoms with Crippen LogP contribution in [0.5, 0.6) is 5.75 Å². The van der Waals surface area contributed by atoms with Crippen LogP contribution < -0.4 is 4.74 Å². The summed E-state index contributed by atoms with van der Waals surface area (Å²) < 4.78 is 12.8. The Balaban J connectivity index is 1.79. The highest BCUT2D eigenvalue weighted by Gasteiger charge is 2.13. The lowest BCUT2D eigenvalue weighted by Gasteiger charge is -2.14. The van der Waals surface area contributed by atoms with Crippen molar-refractivity contribution in [2.24, 2.45) is 0 Å². The van der Waals surface area contributed by atoms with Crippen molar-refractivity contribution in [3.63, 3.8) is 0 Å². The third-order valence-corrected chi connectivity index (χ3v) is 4.39. The van der Waals surface area contributed by atoms with E-state index in [4.69, 9.17) is 9.47 Å². The predicted octanol–water partition coefficient (Wildman–Crippen LogP) is 3.34. The van der Waals surface area contributed by atoms with Gasteiger partial charge in [0, 0.05) is 7.11 Å². The molecule has 7 heteroatoms. The Labute approximate surface area is 139 Å². The molecule has 0 atom stereocenters. The molecule has 0 amide bonds. The van der Waals surface area contributed by atoms with Gasteiger partial charge in [0.15, 0.2) is 10.8 Å². The zero-order chi connectivity index (χ0) is 16.4. The monoisotopic (exact) mass is 332 g/mol. The first kappa shape index (κ1) is 15.9. The quantitative estimate of drug-likeness (QED) is 0.693. The maximum atomic E-state index is 6.02. The molecule has 0 aliphatic heterocycles. The van der Waals surface area contributed by atoms with Crippen molar-refractivity contribution in [3.05, 3.63) is 40.2 Å². The molecule has 0 radical (unpaired) electrons. The van der Waals surface area contributed by atoms with Crippen molar-refractivity contribution in [1.29, 1.82) is 0 Å². The molecule has 0 saturated heterocycles. The minimum Gasteiger partial charge on any atom is -0.486 e. The minimum atomic E-state index is 0.389. The number of ether oxygens (including phenoxy) is 2. The van der Waals surface area contributed by atoms with Crippen molar-refractivity contribution in [3.8, 4) is 5.75 Å². The molecule has 0 N–H and O–H groups in total. The Morgan fingerprint density at radius 1 is 1.22 bits per heavy atom. The zero-order valence-electron chi connectivity index (χ0n) is 13.7. The van der Waals surface area contributed by atoms with Crippen LogP contribution in [0.15, 0.2) is 18.2 Å². The molecule has 0 spiro atoms. The second kappa shape index (κ2) is 6.64. The highest BCUT2D eigenvalue weighted by atomic mass is 32.1. The molecule has 3 aromatic rings. The van der Waals surface area contributed by atoms with Crippen LogP contribution in [0.2, 0.25) is 0 Å². The number of fused-ring (bicyclic) bond motifs is 1. The van der Waals surface area contributed by atoms with Crippen LogP contribution in [-0.4, -0.2) is 26.9 Å². The summed E-state index contributed by atoms with van der Waals surface area (Å²) >= 11 is 1.48. The molecule has 0 saturated carbocycles. The summed E-state index contributed by atoms with van der Waals surface area (Å²) in [4.78, 5) is 0.754. The third-order valence-electron chi connectivity index (χ3n) is 3.51. The smallest absolute Gasteiger partial charge is 0.234 e. The van der Waals surface area contributed by atoms with Gasteiger partial charge >= 0.3 is 0 Å². The van der Waals surface area contributed by atoms with E-state index >= 15 is 0 Å². The van der Waals surface area contributed by atoms with Gasteiger partial charge in [-0.1, -0.05) is 37.3 Å². The molecular formula is C16H20N4O2S. The summed E-state index contributed by atoms with van der Waals surface area (Å²) in [5.41, 5.74) is 2.39. The van der Waals surface area contributed by atoms with Gasteiger partial charge in [-0.2, -0.15) is 9.61 Å². The highest BCUT2D eigenvalue weighted by molar-refractivity contribution is 7.16. The van der Waals surface area contributed by atoms with Gasteiger partial charge in [-0.15, -0.1) is 10.2 Å². The summed E-state index contributed by atoms with van der Waals surface area (Å²) in [6, 6.07) is 6.32. The Morgan fingerprint density at radius 3 is 2.78 bits per heavy atom. The van der Waals surface area contributed by atoms with Crippen LogP contribution in [0, 0.1) is 6.92 Å². The second-order valence-corrected chi connectivity index (χ2v) is 6.76. The summed E-state index contributed by atoms with van der Waals surface area (Å²) in [5.74, 6) is 2.03. The van der Waals surface area contributed by atoms with Crippen molar-refractivity contribution < 1.29 is 9.47 Å². The summed E-state index contributed by atoms with van der Waals surface area (Å²) in [5, 5.41) is 13.5. The molecule has 1 aromatic carbocycles. The van der Waals surface area contributed by atoms with Gasteiger partial charge in [0.2, 0.25) is 4.96 Å². The Hall–Kier alpha value is -1.99. The largest absolute Gasteiger partial charge is 0.486 e. The number of nitrogens with zero attached hydrogens (tertiary/aromatic N) is 4. The fourth-order valence-corrected chi connectivity index (χ4v) is 3.12. The number of methoxy groups -OCH3 is 1. The van der Waals surface area contributed by atoms with Crippen LogP contribution in [0.1, 0.15) is 41.7 Å². The first-order chi connectivity index (χ1) is 11.1. The van der Waals surface area contributed by atoms with Crippen LogP contribution in [0.25, 0.3) is 4.96 Å². The van der Waals surface area contributed by atoms with E-state index in [1.165, 1.54) is 22.5 Å². The Bertz CT molecular complexity index is 810. The molecule has 3 rings (SSSR count). The Morgan fingerprint density at radius 2 is 2.04 bits per heavy atom. The standard InChI is InChI=1S/C16H20N4O2S/c1-10(2)12-6-5-11(3)7-13(12)22-9-15-19-20-14(8-21-4)17-18-16(20)23-15/h5-7,10H,8-9H2,1-4H3. The first-order valence-electron chi connectivity index (χ1n) is 7.50. The van der Waals surface area contributed by atoms with E-state index < -0.39 is 0 Å². The number of aryl methyl sites for hydroxylation is 1. The fraction of sp³-hybridized carbons (Fsp3) is 0.438. The normalized spacial score (nSPS) is 11.5. The molecule has 2 heterocycles. The van der Waals surface area contributed by atoms with Gasteiger partial charge in [-0.3, -0.25) is 0 Å². The van der Waals surface area contributed by atoms with Gasteiger partial charge in [-0.05, 0) is 30.0 Å². The first-order valence-corrected chi connectivity index (χ1v) is 8.32. The van der Waals surface area contributed by atoms with Gasteiger partial charge < -0.3 is 9.47 Å². The molecule has 0 aliphatic rings. The molecule has 23 heavy (non-hydrogen) atoms. The van der Waals surface area contributed by atoms with E-state index in [1.807, 2.05) is 0 Å². The van der Waals surface area contributed by atoms with Crippen molar-refractivity contribution in [2.75, 3.05) is 7.11 Å². The van der Waals surface area contributed by atoms with E-state index in [0.717, 1.165) is 15.7 Å². The average Bonchev–Trinajstić information content (AvgIpc) is 3.07. The highest BCUT2D eigenvalue weighted by Crippen LogP contribution is 2.28. The maximum absolute atomic E-state index is 6.02. The molecule has 0 bridgehead atoms. The molecule has 6 nitrogen and oxygen atoms in total.